The summed E-state index contributed by atoms with van der Waals surface area (Å²) in [5.41, 5.74) is 5.99. The summed E-state index contributed by atoms with van der Waals surface area (Å²) < 4.78 is 7.19. The lowest BCUT2D eigenvalue weighted by atomic mass is 10.3. The molecule has 0 aliphatic rings. The van der Waals surface area contributed by atoms with E-state index in [1.165, 1.54) is 11.8 Å². The number of fused-ring (bicyclic) bond motifs is 2. The number of thioether (sulfide) groups is 1. The van der Waals surface area contributed by atoms with Gasteiger partial charge in [0.1, 0.15) is 11.8 Å². The summed E-state index contributed by atoms with van der Waals surface area (Å²) in [6, 6.07) is 15.1. The highest BCUT2D eigenvalue weighted by Crippen LogP contribution is 2.23. The molecule has 0 aliphatic heterocycles. The van der Waals surface area contributed by atoms with Gasteiger partial charge in [0, 0.05) is 0 Å². The van der Waals surface area contributed by atoms with Gasteiger partial charge in [-0.05, 0) is 24.3 Å². The van der Waals surface area contributed by atoms with Crippen LogP contribution in [0, 0.1) is 0 Å². The van der Waals surface area contributed by atoms with E-state index in [0.29, 0.717) is 5.22 Å². The lowest BCUT2D eigenvalue weighted by molar-refractivity contribution is -0.114. The maximum absolute atomic E-state index is 12.1. The van der Waals surface area contributed by atoms with Crippen molar-refractivity contribution >= 4 is 39.8 Å². The van der Waals surface area contributed by atoms with E-state index in [1.54, 1.807) is 11.0 Å². The normalized spacial score (nSPS) is 11.1. The van der Waals surface area contributed by atoms with Gasteiger partial charge in [0.25, 0.3) is 5.22 Å². The van der Waals surface area contributed by atoms with Crippen LogP contribution in [0.4, 0.5) is 0 Å². The van der Waals surface area contributed by atoms with E-state index in [4.69, 9.17) is 4.42 Å². The van der Waals surface area contributed by atoms with Crippen LogP contribution in [-0.4, -0.2) is 26.3 Å². The number of rotatable bonds is 4. The molecule has 7 heteroatoms. The monoisotopic (exact) mass is 324 g/mol. The zero-order valence-corrected chi connectivity index (χ0v) is 12.8. The van der Waals surface area contributed by atoms with Crippen molar-refractivity contribution in [2.45, 2.75) is 5.22 Å². The maximum atomic E-state index is 12.1. The first-order valence-electron chi connectivity index (χ1n) is 7.00. The number of nitrogens with one attached hydrogen (secondary N) is 1. The average Bonchev–Trinajstić information content (AvgIpc) is 3.17. The first-order chi connectivity index (χ1) is 11.3. The van der Waals surface area contributed by atoms with Crippen molar-refractivity contribution in [3.63, 3.8) is 0 Å². The van der Waals surface area contributed by atoms with Gasteiger partial charge in [-0.2, -0.15) is 0 Å². The van der Waals surface area contributed by atoms with Gasteiger partial charge in [-0.15, -0.1) is 0 Å². The molecule has 0 atom stereocenters. The van der Waals surface area contributed by atoms with Crippen LogP contribution in [0.15, 0.2) is 64.5 Å². The van der Waals surface area contributed by atoms with E-state index in [-0.39, 0.29) is 11.7 Å². The van der Waals surface area contributed by atoms with E-state index in [2.05, 4.69) is 15.4 Å². The fourth-order valence-corrected chi connectivity index (χ4v) is 2.89. The number of oxazole rings is 1. The number of hydrogen-bond acceptors (Lipinski definition) is 5. The van der Waals surface area contributed by atoms with Crippen molar-refractivity contribution < 1.29 is 9.21 Å². The number of aromatic nitrogens is 3. The predicted molar refractivity (Wildman–Crippen MR) is 88.8 cm³/mol. The molecule has 0 radical (unpaired) electrons. The highest BCUT2D eigenvalue weighted by Gasteiger charge is 2.10. The third kappa shape index (κ3) is 2.78. The van der Waals surface area contributed by atoms with Gasteiger partial charge < -0.3 is 4.42 Å². The quantitative estimate of drug-likeness (QED) is 0.584. The van der Waals surface area contributed by atoms with E-state index >= 15 is 0 Å². The van der Waals surface area contributed by atoms with Gasteiger partial charge in [-0.1, -0.05) is 36.0 Å². The van der Waals surface area contributed by atoms with E-state index in [1.807, 2.05) is 48.5 Å². The minimum absolute atomic E-state index is 0.152. The van der Waals surface area contributed by atoms with Crippen molar-refractivity contribution in [2.24, 2.45) is 0 Å². The Morgan fingerprint density at radius 1 is 1.13 bits per heavy atom. The fraction of sp³-hybridized carbons (Fsp3) is 0.0625. The number of amides is 1. The van der Waals surface area contributed by atoms with Crippen LogP contribution in [-0.2, 0) is 4.79 Å². The third-order valence-electron chi connectivity index (χ3n) is 3.30. The van der Waals surface area contributed by atoms with Crippen LogP contribution in [0.25, 0.3) is 22.1 Å². The van der Waals surface area contributed by atoms with Crippen LogP contribution in [0.3, 0.4) is 0 Å². The number of hydrogen-bond donors (Lipinski definition) is 1. The molecule has 2 aromatic heterocycles. The summed E-state index contributed by atoms with van der Waals surface area (Å²) in [5.74, 6) is 0.0553. The number of carbonyl (C=O) groups excluding carboxylic acids is 1. The van der Waals surface area contributed by atoms with Crippen molar-refractivity contribution in [1.29, 1.82) is 0 Å². The molecule has 4 rings (SSSR count). The smallest absolute Gasteiger partial charge is 0.257 e. The Kier molecular flexibility index (Phi) is 3.47. The molecular formula is C16H12N4O2S. The summed E-state index contributed by atoms with van der Waals surface area (Å²) in [6.07, 6.45) is 1.59. The average molecular weight is 324 g/mol. The lowest BCUT2D eigenvalue weighted by Crippen LogP contribution is -2.23. The van der Waals surface area contributed by atoms with Crippen LogP contribution in [0.5, 0.6) is 0 Å². The van der Waals surface area contributed by atoms with E-state index in [0.717, 1.165) is 22.1 Å². The third-order valence-corrected chi connectivity index (χ3v) is 4.13. The molecule has 6 nitrogen and oxygen atoms in total. The molecule has 0 saturated heterocycles. The van der Waals surface area contributed by atoms with Crippen molar-refractivity contribution in [3.05, 3.63) is 54.9 Å². The molecule has 0 bridgehead atoms. The summed E-state index contributed by atoms with van der Waals surface area (Å²) in [6.45, 7) is 0. The summed E-state index contributed by atoms with van der Waals surface area (Å²) in [7, 11) is 0. The van der Waals surface area contributed by atoms with E-state index < -0.39 is 0 Å². The summed E-state index contributed by atoms with van der Waals surface area (Å²) in [4.78, 5) is 20.7. The minimum atomic E-state index is -0.152. The number of carbonyl (C=O) groups is 1. The minimum Gasteiger partial charge on any atom is -0.431 e. The zero-order valence-electron chi connectivity index (χ0n) is 12.0. The Bertz CT molecular complexity index is 959. The van der Waals surface area contributed by atoms with Crippen molar-refractivity contribution in [1.82, 2.24) is 14.6 Å². The molecular weight excluding hydrogens is 312 g/mol. The Morgan fingerprint density at radius 2 is 1.91 bits per heavy atom. The fourth-order valence-electron chi connectivity index (χ4n) is 2.25. The van der Waals surface area contributed by atoms with Gasteiger partial charge in [-0.25, -0.2) is 14.6 Å². The molecule has 0 saturated carbocycles. The molecule has 114 valence electrons. The standard InChI is InChI=1S/C16H12N4O2S/c21-15(19-20-10-17-11-5-1-3-7-13(11)20)9-23-16-18-12-6-2-4-8-14(12)22-16/h1-8,10H,9H2,(H,19,21). The van der Waals surface area contributed by atoms with Crippen LogP contribution in [0.2, 0.25) is 0 Å². The first-order valence-corrected chi connectivity index (χ1v) is 7.98. The molecule has 2 heterocycles. The van der Waals surface area contributed by atoms with Crippen LogP contribution < -0.4 is 5.43 Å². The first kappa shape index (κ1) is 13.8. The molecule has 1 N–H and O–H groups in total. The van der Waals surface area contributed by atoms with Crippen molar-refractivity contribution in [3.8, 4) is 0 Å². The van der Waals surface area contributed by atoms with Gasteiger partial charge in [0.15, 0.2) is 5.58 Å². The van der Waals surface area contributed by atoms with Gasteiger partial charge in [0.2, 0.25) is 5.91 Å². The summed E-state index contributed by atoms with van der Waals surface area (Å²) in [5, 5.41) is 0.483. The number of imidazole rings is 1. The molecule has 0 fully saturated rings. The highest BCUT2D eigenvalue weighted by molar-refractivity contribution is 7.99. The topological polar surface area (TPSA) is 73.0 Å². The second kappa shape index (κ2) is 5.77. The number of para-hydroxylation sites is 4. The van der Waals surface area contributed by atoms with Gasteiger partial charge >= 0.3 is 0 Å². The van der Waals surface area contributed by atoms with Gasteiger partial charge in [0.05, 0.1) is 16.8 Å². The largest absolute Gasteiger partial charge is 0.431 e. The van der Waals surface area contributed by atoms with Crippen molar-refractivity contribution in [2.75, 3.05) is 11.2 Å². The molecule has 1 amide bonds. The van der Waals surface area contributed by atoms with E-state index in [9.17, 15) is 4.79 Å². The highest BCUT2D eigenvalue weighted by atomic mass is 32.2. The second-order valence-electron chi connectivity index (χ2n) is 4.87. The molecule has 0 spiro atoms. The molecule has 0 unspecified atom stereocenters. The summed E-state index contributed by atoms with van der Waals surface area (Å²) >= 11 is 1.26. The number of benzene rings is 2. The maximum Gasteiger partial charge on any atom is 0.257 e. The Labute approximate surface area is 135 Å². The van der Waals surface area contributed by atoms with Gasteiger partial charge in [-0.3, -0.25) is 10.2 Å². The second-order valence-corrected chi connectivity index (χ2v) is 5.80. The van der Waals surface area contributed by atoms with Crippen LogP contribution in [0.1, 0.15) is 0 Å². The zero-order chi connectivity index (χ0) is 15.6. The molecule has 2 aromatic carbocycles. The number of nitrogens with zero attached hydrogens (tertiary/aromatic N) is 3. The lowest BCUT2D eigenvalue weighted by Gasteiger charge is -2.05. The van der Waals surface area contributed by atoms with Crippen LogP contribution >= 0.6 is 11.8 Å². The Hall–Kier alpha value is -2.80. The molecule has 23 heavy (non-hydrogen) atoms. The predicted octanol–water partition coefficient (Wildman–Crippen LogP) is 3.04. The Morgan fingerprint density at radius 3 is 2.78 bits per heavy atom. The molecule has 4 aromatic rings. The Balaban J connectivity index is 1.43. The SMILES string of the molecule is O=C(CSc1nc2ccccc2o1)Nn1cnc2ccccc21. The molecule has 0 aliphatic carbocycles.